The van der Waals surface area contributed by atoms with Gasteiger partial charge in [0.15, 0.2) is 6.04 Å². The molecule has 0 aromatic heterocycles. The third-order valence-corrected chi connectivity index (χ3v) is 5.10. The van der Waals surface area contributed by atoms with Crippen LogP contribution >= 0.6 is 0 Å². The minimum absolute atomic E-state index is 0.00414. The second kappa shape index (κ2) is 6.27. The summed E-state index contributed by atoms with van der Waals surface area (Å²) >= 11 is 0. The van der Waals surface area contributed by atoms with Crippen molar-refractivity contribution < 1.29 is 45.3 Å². The fourth-order valence-corrected chi connectivity index (χ4v) is 3.55. The molecular formula is C14H13F3N2O7S. The van der Waals surface area contributed by atoms with Crippen molar-refractivity contribution in [2.45, 2.75) is 24.5 Å². The molecule has 148 valence electrons. The average Bonchev–Trinajstić information content (AvgIpc) is 2.80. The van der Waals surface area contributed by atoms with Gasteiger partial charge in [-0.3, -0.25) is 5.21 Å². The third-order valence-electron chi connectivity index (χ3n) is 4.14. The number of alkyl halides is 3. The summed E-state index contributed by atoms with van der Waals surface area (Å²) in [4.78, 5) is 25.5. The fraction of sp³-hybridized carbons (Fsp3) is 0.429. The second-order valence-electron chi connectivity index (χ2n) is 5.69. The van der Waals surface area contributed by atoms with Crippen LogP contribution in [0.5, 0.6) is 5.75 Å². The number of fused-ring (bicyclic) bond motifs is 4. The first-order valence-electron chi connectivity index (χ1n) is 7.58. The van der Waals surface area contributed by atoms with Gasteiger partial charge in [0.25, 0.3) is 0 Å². The Morgan fingerprint density at radius 2 is 2.04 bits per heavy atom. The first-order chi connectivity index (χ1) is 12.5. The maximum Gasteiger partial charge on any atom is 0.534 e. The zero-order valence-electron chi connectivity index (χ0n) is 13.6. The molecule has 13 heteroatoms. The van der Waals surface area contributed by atoms with E-state index in [1.807, 2.05) is 0 Å². The monoisotopic (exact) mass is 410 g/mol. The van der Waals surface area contributed by atoms with Crippen LogP contribution in [-0.2, 0) is 19.6 Å². The molecule has 2 aliphatic rings. The van der Waals surface area contributed by atoms with Gasteiger partial charge in [0.05, 0.1) is 13.2 Å². The number of hydroxylamine groups is 2. The van der Waals surface area contributed by atoms with Gasteiger partial charge in [-0.25, -0.2) is 9.59 Å². The van der Waals surface area contributed by atoms with E-state index >= 15 is 0 Å². The highest BCUT2D eigenvalue weighted by molar-refractivity contribution is 7.88. The lowest BCUT2D eigenvalue weighted by Crippen LogP contribution is -2.39. The lowest BCUT2D eigenvalue weighted by molar-refractivity contribution is -0.148. The number of carbonyl (C=O) groups is 2. The van der Waals surface area contributed by atoms with Gasteiger partial charge < -0.3 is 13.8 Å². The summed E-state index contributed by atoms with van der Waals surface area (Å²) in [6, 6.07) is -0.119. The standard InChI is InChI=1S/C14H13F3N2O7S/c1-2-25-12(20)11-7-4-3-5-9(26-27(23,24)14(15,16)17)10(7)8-6-18(11)13(21)19(8)22/h3-5,8,11,22H,2,6H2,1H3/t8-,11+/m0/s1. The molecule has 2 amide bonds. The lowest BCUT2D eigenvalue weighted by atomic mass is 9.90. The molecule has 2 atom stereocenters. The van der Waals surface area contributed by atoms with Crippen LogP contribution in [0.25, 0.3) is 0 Å². The van der Waals surface area contributed by atoms with E-state index in [4.69, 9.17) is 4.74 Å². The number of ether oxygens (including phenoxy) is 1. The molecule has 2 heterocycles. The SMILES string of the molecule is CCOC(=O)[C@H]1c2cccc(OS(=O)(=O)C(F)(F)F)c2[C@@H]2CN1C(=O)N2O. The number of halogens is 3. The molecule has 0 unspecified atom stereocenters. The smallest absolute Gasteiger partial charge is 0.464 e. The van der Waals surface area contributed by atoms with Gasteiger partial charge in [-0.1, -0.05) is 12.1 Å². The second-order valence-corrected chi connectivity index (χ2v) is 7.23. The number of rotatable bonds is 4. The molecule has 9 nitrogen and oxygen atoms in total. The highest BCUT2D eigenvalue weighted by atomic mass is 32.2. The molecule has 0 aliphatic carbocycles. The number of urea groups is 1. The van der Waals surface area contributed by atoms with Crippen molar-refractivity contribution in [1.82, 2.24) is 9.96 Å². The Balaban J connectivity index is 2.15. The van der Waals surface area contributed by atoms with E-state index in [1.54, 1.807) is 0 Å². The Labute approximate surface area is 150 Å². The van der Waals surface area contributed by atoms with Crippen LogP contribution in [0.1, 0.15) is 30.1 Å². The molecule has 1 aromatic carbocycles. The summed E-state index contributed by atoms with van der Waals surface area (Å²) in [6.45, 7) is 1.22. The lowest BCUT2D eigenvalue weighted by Gasteiger charge is -2.31. The van der Waals surface area contributed by atoms with Gasteiger partial charge in [-0.15, -0.1) is 0 Å². The normalized spacial score (nSPS) is 21.9. The molecule has 1 aromatic rings. The van der Waals surface area contributed by atoms with Crippen LogP contribution < -0.4 is 4.18 Å². The molecule has 27 heavy (non-hydrogen) atoms. The maximum atomic E-state index is 12.7. The average molecular weight is 410 g/mol. The van der Waals surface area contributed by atoms with Gasteiger partial charge in [0, 0.05) is 5.56 Å². The molecule has 0 saturated carbocycles. The van der Waals surface area contributed by atoms with Crippen LogP contribution in [0.2, 0.25) is 0 Å². The number of esters is 1. The van der Waals surface area contributed by atoms with Crippen molar-refractivity contribution in [2.24, 2.45) is 0 Å². The number of amides is 2. The summed E-state index contributed by atoms with van der Waals surface area (Å²) in [5.74, 6) is -1.62. The zero-order valence-corrected chi connectivity index (χ0v) is 14.5. The molecule has 3 rings (SSSR count). The van der Waals surface area contributed by atoms with E-state index in [0.717, 1.165) is 11.0 Å². The molecule has 1 fully saturated rings. The van der Waals surface area contributed by atoms with Crippen LogP contribution in [0.4, 0.5) is 18.0 Å². The van der Waals surface area contributed by atoms with Gasteiger partial charge in [0.1, 0.15) is 11.8 Å². The van der Waals surface area contributed by atoms with Crippen molar-refractivity contribution in [2.75, 3.05) is 13.2 Å². The van der Waals surface area contributed by atoms with E-state index in [2.05, 4.69) is 4.18 Å². The van der Waals surface area contributed by atoms with E-state index < -0.39 is 45.5 Å². The van der Waals surface area contributed by atoms with E-state index in [-0.39, 0.29) is 29.3 Å². The molecule has 0 spiro atoms. The number of benzene rings is 1. The highest BCUT2D eigenvalue weighted by Crippen LogP contribution is 2.47. The van der Waals surface area contributed by atoms with Crippen LogP contribution in [-0.4, -0.2) is 54.2 Å². The predicted octanol–water partition coefficient (Wildman–Crippen LogP) is 1.70. The van der Waals surface area contributed by atoms with Gasteiger partial charge in [-0.2, -0.15) is 26.7 Å². The highest BCUT2D eigenvalue weighted by Gasteiger charge is 2.53. The molecule has 0 radical (unpaired) electrons. The number of hydrogen-bond acceptors (Lipinski definition) is 7. The van der Waals surface area contributed by atoms with Crippen LogP contribution in [0, 0.1) is 0 Å². The van der Waals surface area contributed by atoms with Crippen LogP contribution in [0.15, 0.2) is 18.2 Å². The summed E-state index contributed by atoms with van der Waals surface area (Å²) in [5, 5.41) is 10.2. The van der Waals surface area contributed by atoms with Crippen molar-refractivity contribution in [3.05, 3.63) is 29.3 Å². The first-order valence-corrected chi connectivity index (χ1v) is 8.99. The van der Waals surface area contributed by atoms with Gasteiger partial charge in [0.2, 0.25) is 0 Å². The summed E-state index contributed by atoms with van der Waals surface area (Å²) < 4.78 is 69.9. The van der Waals surface area contributed by atoms with Gasteiger partial charge in [-0.05, 0) is 18.6 Å². The molecule has 1 saturated heterocycles. The maximum absolute atomic E-state index is 12.7. The quantitative estimate of drug-likeness (QED) is 0.348. The third kappa shape index (κ3) is 2.96. The molecule has 2 bridgehead atoms. The fourth-order valence-electron chi connectivity index (χ4n) is 3.07. The van der Waals surface area contributed by atoms with Crippen molar-refractivity contribution >= 4 is 22.1 Å². The Hall–Kier alpha value is -2.54. The topological polar surface area (TPSA) is 113 Å². The number of hydrogen-bond donors (Lipinski definition) is 1. The Bertz CT molecular complexity index is 902. The van der Waals surface area contributed by atoms with E-state index in [9.17, 15) is 36.4 Å². The summed E-state index contributed by atoms with van der Waals surface area (Å²) in [6.07, 6.45) is 0. The van der Waals surface area contributed by atoms with Crippen molar-refractivity contribution in [3.63, 3.8) is 0 Å². The summed E-state index contributed by atoms with van der Waals surface area (Å²) in [5.41, 5.74) is -5.89. The molecule has 2 aliphatic heterocycles. The van der Waals surface area contributed by atoms with E-state index in [0.29, 0.717) is 0 Å². The molecular weight excluding hydrogens is 397 g/mol. The molecule has 1 N–H and O–H groups in total. The van der Waals surface area contributed by atoms with Crippen molar-refractivity contribution in [1.29, 1.82) is 0 Å². The summed E-state index contributed by atoms with van der Waals surface area (Å²) in [7, 11) is -6.00. The Kier molecular flexibility index (Phi) is 4.46. The zero-order chi connectivity index (χ0) is 20.1. The Morgan fingerprint density at radius 1 is 1.37 bits per heavy atom. The first kappa shape index (κ1) is 19.2. The van der Waals surface area contributed by atoms with Crippen LogP contribution in [0.3, 0.4) is 0 Å². The number of nitrogens with zero attached hydrogens (tertiary/aromatic N) is 2. The number of carbonyl (C=O) groups excluding carboxylic acids is 2. The minimum atomic E-state index is -6.00. The Morgan fingerprint density at radius 3 is 2.63 bits per heavy atom. The largest absolute Gasteiger partial charge is 0.534 e. The van der Waals surface area contributed by atoms with E-state index in [1.165, 1.54) is 19.1 Å². The van der Waals surface area contributed by atoms with Gasteiger partial charge >= 0.3 is 27.6 Å². The minimum Gasteiger partial charge on any atom is -0.464 e. The van der Waals surface area contributed by atoms with Crippen molar-refractivity contribution in [3.8, 4) is 5.75 Å². The predicted molar refractivity (Wildman–Crippen MR) is 79.9 cm³/mol.